The summed E-state index contributed by atoms with van der Waals surface area (Å²) in [7, 11) is -6.33. The molecular formula is C46H82O5SSi3. The van der Waals surface area contributed by atoms with Gasteiger partial charge < -0.3 is 18.4 Å². The van der Waals surface area contributed by atoms with Crippen molar-refractivity contribution in [2.75, 3.05) is 0 Å². The van der Waals surface area contributed by atoms with Crippen LogP contribution in [0.25, 0.3) is 10.1 Å². The molecule has 0 radical (unpaired) electrons. The highest BCUT2D eigenvalue weighted by atomic mass is 32.1. The van der Waals surface area contributed by atoms with E-state index in [2.05, 4.69) is 132 Å². The summed E-state index contributed by atoms with van der Waals surface area (Å²) in [5, 5.41) is 12.2. The van der Waals surface area contributed by atoms with E-state index in [0.717, 1.165) is 70.6 Å². The van der Waals surface area contributed by atoms with Gasteiger partial charge in [0.05, 0.1) is 23.7 Å². The molecule has 2 aromatic rings. The van der Waals surface area contributed by atoms with Crippen molar-refractivity contribution >= 4 is 52.3 Å². The molecule has 2 aliphatic carbocycles. The fourth-order valence-corrected chi connectivity index (χ4v) is 14.7. The average Bonchev–Trinajstić information content (AvgIpc) is 3.80. The standard InChI is InChI=1S/C46H82O5SSi3/c1-42(2,3)53(10,11)49-38(40-32-35-24-16-19-27-39(35)52-40)26-18-17-25-36(45(28-20-21-29-45)50-54(12,13)43(4,5)6)33-37(34-41(47)48)46(30-22-23-31-46)51-55(14,15)44(7,8)9/h16,19,24,27,32,36-38H,17-18,20-23,25-26,28-31,33-34H2,1-15H3,(H,47,48)/t36?,37?,38-/m1/s1. The molecule has 1 aromatic heterocycles. The van der Waals surface area contributed by atoms with Crippen LogP contribution in [0.2, 0.25) is 54.4 Å². The monoisotopic (exact) mass is 831 g/mol. The molecule has 0 bridgehead atoms. The van der Waals surface area contributed by atoms with Crippen LogP contribution in [0.4, 0.5) is 0 Å². The molecule has 3 atom stereocenters. The van der Waals surface area contributed by atoms with E-state index in [9.17, 15) is 9.90 Å². The highest BCUT2D eigenvalue weighted by Crippen LogP contribution is 2.54. The Labute approximate surface area is 344 Å². The second-order valence-corrected chi connectivity index (χ2v) is 37.7. The number of thiophene rings is 1. The second-order valence-electron chi connectivity index (χ2n) is 22.3. The molecule has 4 rings (SSSR count). The van der Waals surface area contributed by atoms with Gasteiger partial charge in [-0.2, -0.15) is 0 Å². The van der Waals surface area contributed by atoms with E-state index in [1.807, 2.05) is 11.3 Å². The minimum absolute atomic E-state index is 0.0275. The van der Waals surface area contributed by atoms with Crippen molar-refractivity contribution in [1.82, 2.24) is 0 Å². The summed E-state index contributed by atoms with van der Waals surface area (Å²) in [6.07, 6.45) is 14.1. The normalized spacial score (nSPS) is 20.2. The predicted octanol–water partition coefficient (Wildman–Crippen LogP) is 15.3. The number of rotatable bonds is 18. The highest BCUT2D eigenvalue weighted by Gasteiger charge is 2.54. The third-order valence-corrected chi connectivity index (χ3v) is 29.9. The van der Waals surface area contributed by atoms with Gasteiger partial charge in [0.15, 0.2) is 25.0 Å². The molecule has 0 aliphatic heterocycles. The Hall–Kier alpha value is -0.819. The lowest BCUT2D eigenvalue weighted by atomic mass is 9.71. The molecule has 0 spiro atoms. The maximum atomic E-state index is 12.9. The van der Waals surface area contributed by atoms with E-state index < -0.39 is 30.9 Å². The van der Waals surface area contributed by atoms with E-state index in [1.165, 1.54) is 27.8 Å². The fraction of sp³-hybridized carbons (Fsp3) is 0.804. The number of carbonyl (C=O) groups is 1. The lowest BCUT2D eigenvalue weighted by Crippen LogP contribution is -2.55. The highest BCUT2D eigenvalue weighted by molar-refractivity contribution is 7.19. The molecule has 0 amide bonds. The quantitative estimate of drug-likeness (QED) is 0.120. The van der Waals surface area contributed by atoms with Crippen LogP contribution < -0.4 is 0 Å². The van der Waals surface area contributed by atoms with E-state index in [-0.39, 0.29) is 50.7 Å². The van der Waals surface area contributed by atoms with Gasteiger partial charge in [0.1, 0.15) is 0 Å². The summed E-state index contributed by atoms with van der Waals surface area (Å²) in [6, 6.07) is 11.1. The first kappa shape index (κ1) is 46.9. The zero-order valence-electron chi connectivity index (χ0n) is 38.0. The van der Waals surface area contributed by atoms with Crippen LogP contribution in [-0.4, -0.2) is 47.2 Å². The van der Waals surface area contributed by atoms with Crippen molar-refractivity contribution in [3.05, 3.63) is 35.2 Å². The first-order valence-electron chi connectivity index (χ1n) is 21.9. The van der Waals surface area contributed by atoms with E-state index in [0.29, 0.717) is 0 Å². The molecule has 55 heavy (non-hydrogen) atoms. The molecule has 2 fully saturated rings. The Bertz CT molecular complexity index is 1510. The minimum atomic E-state index is -2.17. The van der Waals surface area contributed by atoms with Crippen molar-refractivity contribution < 1.29 is 23.2 Å². The summed E-state index contributed by atoms with van der Waals surface area (Å²) in [6.45, 7) is 35.4. The molecule has 2 saturated carbocycles. The summed E-state index contributed by atoms with van der Waals surface area (Å²) >= 11 is 1.90. The summed E-state index contributed by atoms with van der Waals surface area (Å²) in [4.78, 5) is 14.2. The predicted molar refractivity (Wildman–Crippen MR) is 244 cm³/mol. The molecule has 9 heteroatoms. The van der Waals surface area contributed by atoms with Gasteiger partial charge in [-0.1, -0.05) is 119 Å². The first-order chi connectivity index (χ1) is 25.1. The van der Waals surface area contributed by atoms with Crippen LogP contribution >= 0.6 is 11.3 Å². The summed E-state index contributed by atoms with van der Waals surface area (Å²) < 4.78 is 23.8. The molecule has 1 heterocycles. The van der Waals surface area contributed by atoms with Crippen LogP contribution in [0.15, 0.2) is 30.3 Å². The van der Waals surface area contributed by atoms with Crippen LogP contribution in [0.3, 0.4) is 0 Å². The van der Waals surface area contributed by atoms with E-state index >= 15 is 0 Å². The first-order valence-corrected chi connectivity index (χ1v) is 31.5. The molecule has 2 aliphatic rings. The van der Waals surface area contributed by atoms with Gasteiger partial charge in [0.2, 0.25) is 0 Å². The molecule has 5 nitrogen and oxygen atoms in total. The van der Waals surface area contributed by atoms with Crippen molar-refractivity contribution in [1.29, 1.82) is 0 Å². The van der Waals surface area contributed by atoms with Crippen molar-refractivity contribution in [3.8, 4) is 0 Å². The number of carboxylic acid groups (broad SMARTS) is 1. The number of benzene rings is 1. The lowest BCUT2D eigenvalue weighted by Gasteiger charge is -2.51. The number of unbranched alkanes of at least 4 members (excludes halogenated alkanes) is 1. The average molecular weight is 831 g/mol. The van der Waals surface area contributed by atoms with Gasteiger partial charge in [-0.25, -0.2) is 0 Å². The Balaban J connectivity index is 1.69. The van der Waals surface area contributed by atoms with Crippen LogP contribution in [0.1, 0.15) is 163 Å². The van der Waals surface area contributed by atoms with Crippen LogP contribution in [0, 0.1) is 11.8 Å². The Kier molecular flexibility index (Phi) is 14.8. The van der Waals surface area contributed by atoms with Gasteiger partial charge in [0.25, 0.3) is 0 Å². The van der Waals surface area contributed by atoms with Gasteiger partial charge in [0, 0.05) is 9.58 Å². The van der Waals surface area contributed by atoms with E-state index in [1.54, 1.807) is 0 Å². The largest absolute Gasteiger partial charge is 0.481 e. The molecule has 0 saturated heterocycles. The Morgan fingerprint density at radius 1 is 0.709 bits per heavy atom. The zero-order valence-corrected chi connectivity index (χ0v) is 41.8. The number of fused-ring (bicyclic) bond motifs is 1. The molecule has 1 N–H and O–H groups in total. The lowest BCUT2D eigenvalue weighted by molar-refractivity contribution is -0.142. The van der Waals surface area contributed by atoms with Crippen molar-refractivity contribution in [3.63, 3.8) is 0 Å². The van der Waals surface area contributed by atoms with Gasteiger partial charge in [-0.15, -0.1) is 11.3 Å². The number of hydrogen-bond donors (Lipinski definition) is 1. The maximum Gasteiger partial charge on any atom is 0.303 e. The molecule has 2 unspecified atom stereocenters. The smallest absolute Gasteiger partial charge is 0.303 e. The number of hydrogen-bond acceptors (Lipinski definition) is 5. The topological polar surface area (TPSA) is 65.0 Å². The van der Waals surface area contributed by atoms with Gasteiger partial charge in [-0.05, 0) is 129 Å². The number of carboxylic acids is 1. The van der Waals surface area contributed by atoms with Gasteiger partial charge in [-0.3, -0.25) is 4.79 Å². The summed E-state index contributed by atoms with van der Waals surface area (Å²) in [5.41, 5.74) is -0.585. The van der Waals surface area contributed by atoms with Crippen LogP contribution in [-0.2, 0) is 18.1 Å². The van der Waals surface area contributed by atoms with Gasteiger partial charge >= 0.3 is 5.97 Å². The Morgan fingerprint density at radius 3 is 1.62 bits per heavy atom. The number of aliphatic carboxylic acids is 1. The Morgan fingerprint density at radius 2 is 1.16 bits per heavy atom. The molecular weight excluding hydrogens is 749 g/mol. The third-order valence-electron chi connectivity index (χ3n) is 15.2. The fourth-order valence-electron chi connectivity index (χ4n) is 8.76. The second kappa shape index (κ2) is 17.4. The minimum Gasteiger partial charge on any atom is -0.481 e. The van der Waals surface area contributed by atoms with E-state index in [4.69, 9.17) is 13.3 Å². The SMILES string of the molecule is CC(C)(C)[Si](C)(C)O[C@H](CCCCC(CC(CC(=O)O)C1(O[Si](C)(C)C(C)(C)C)CCCC1)C1(O[Si](C)(C)C(C)(C)C)CCCC1)c1cc2ccccc2s1. The summed E-state index contributed by atoms with van der Waals surface area (Å²) in [5.74, 6) is -0.424. The maximum absolute atomic E-state index is 12.9. The molecule has 314 valence electrons. The zero-order chi connectivity index (χ0) is 41.3. The third kappa shape index (κ3) is 11.3. The molecule has 1 aromatic carbocycles. The van der Waals surface area contributed by atoms with Crippen molar-refractivity contribution in [2.24, 2.45) is 11.8 Å². The van der Waals surface area contributed by atoms with Crippen molar-refractivity contribution in [2.45, 2.75) is 224 Å². The van der Waals surface area contributed by atoms with Crippen LogP contribution in [0.5, 0.6) is 0 Å².